The van der Waals surface area contributed by atoms with Crippen LogP contribution in [0.1, 0.15) is 11.1 Å². The van der Waals surface area contributed by atoms with Crippen molar-refractivity contribution in [2.45, 2.75) is 13.8 Å². The number of ether oxygens (including phenoxy) is 1. The fraction of sp³-hybridized carbons (Fsp3) is 0.158. The van der Waals surface area contributed by atoms with Crippen LogP contribution in [0.2, 0.25) is 0 Å². The second-order valence-electron chi connectivity index (χ2n) is 5.68. The van der Waals surface area contributed by atoms with Gasteiger partial charge in [0.05, 0.1) is 5.69 Å². The van der Waals surface area contributed by atoms with Gasteiger partial charge >= 0.3 is 0 Å². The quantitative estimate of drug-likeness (QED) is 0.726. The predicted octanol–water partition coefficient (Wildman–Crippen LogP) is 4.03. The van der Waals surface area contributed by atoms with Gasteiger partial charge in [-0.1, -0.05) is 24.3 Å². The van der Waals surface area contributed by atoms with Gasteiger partial charge in [0, 0.05) is 16.6 Å². The van der Waals surface area contributed by atoms with Crippen LogP contribution in [-0.4, -0.2) is 17.5 Å². The van der Waals surface area contributed by atoms with Crippen molar-refractivity contribution in [2.24, 2.45) is 0 Å². The third-order valence-electron chi connectivity index (χ3n) is 3.90. The predicted molar refractivity (Wildman–Crippen MR) is 102 cm³/mol. The van der Waals surface area contributed by atoms with Gasteiger partial charge in [-0.25, -0.2) is 4.98 Å². The summed E-state index contributed by atoms with van der Waals surface area (Å²) in [5, 5.41) is 5.29. The van der Waals surface area contributed by atoms with E-state index in [1.54, 1.807) is 0 Å². The molecule has 1 aromatic heterocycles. The van der Waals surface area contributed by atoms with E-state index in [4.69, 9.17) is 10.5 Å². The van der Waals surface area contributed by atoms with Crippen molar-refractivity contribution in [3.63, 3.8) is 0 Å². The van der Waals surface area contributed by atoms with Gasteiger partial charge in [0.15, 0.2) is 11.7 Å². The molecule has 0 atom stereocenters. The first kappa shape index (κ1) is 17.0. The number of carbonyl (C=O) groups excluding carboxylic acids is 1. The highest BCUT2D eigenvalue weighted by atomic mass is 32.1. The molecular formula is C19H19N3O2S. The Hall–Kier alpha value is -2.86. The second-order valence-corrected chi connectivity index (χ2v) is 6.57. The number of aromatic nitrogens is 1. The van der Waals surface area contributed by atoms with Crippen LogP contribution in [0.3, 0.4) is 0 Å². The van der Waals surface area contributed by atoms with Crippen LogP contribution >= 0.6 is 11.3 Å². The monoisotopic (exact) mass is 353 g/mol. The lowest BCUT2D eigenvalue weighted by Gasteiger charge is -2.11. The molecule has 0 unspecified atom stereocenters. The Labute approximate surface area is 150 Å². The molecule has 3 rings (SSSR count). The summed E-state index contributed by atoms with van der Waals surface area (Å²) >= 11 is 1.39. The van der Waals surface area contributed by atoms with Crippen molar-refractivity contribution in [3.8, 4) is 17.0 Å². The number of anilines is 2. The van der Waals surface area contributed by atoms with E-state index in [-0.39, 0.29) is 12.5 Å². The molecule has 1 heterocycles. The van der Waals surface area contributed by atoms with Gasteiger partial charge in [-0.3, -0.25) is 4.79 Å². The molecular weight excluding hydrogens is 334 g/mol. The van der Waals surface area contributed by atoms with Gasteiger partial charge < -0.3 is 15.8 Å². The average Bonchev–Trinajstić information content (AvgIpc) is 3.04. The van der Waals surface area contributed by atoms with Gasteiger partial charge in [0.1, 0.15) is 5.75 Å². The molecule has 25 heavy (non-hydrogen) atoms. The largest absolute Gasteiger partial charge is 0.484 e. The minimum Gasteiger partial charge on any atom is -0.484 e. The van der Waals surface area contributed by atoms with Gasteiger partial charge in [0.25, 0.3) is 5.91 Å². The summed E-state index contributed by atoms with van der Waals surface area (Å²) in [5.41, 5.74) is 10.4. The molecule has 6 heteroatoms. The number of carbonyl (C=O) groups is 1. The van der Waals surface area contributed by atoms with Crippen LogP contribution in [-0.2, 0) is 4.79 Å². The Bertz CT molecular complexity index is 905. The smallest absolute Gasteiger partial charge is 0.262 e. The van der Waals surface area contributed by atoms with Crippen LogP contribution in [0.25, 0.3) is 11.3 Å². The summed E-state index contributed by atoms with van der Waals surface area (Å²) in [5.74, 6) is 0.414. The lowest BCUT2D eigenvalue weighted by molar-refractivity contribution is -0.118. The maximum absolute atomic E-state index is 12.1. The molecule has 3 aromatic rings. The average molecular weight is 353 g/mol. The molecule has 0 saturated heterocycles. The zero-order chi connectivity index (χ0) is 17.8. The standard InChI is InChI=1S/C19H19N3O2S/c1-12-5-3-8-16(13(12)2)21-18(23)10-24-15-7-4-6-14(9-15)17-11-25-19(20)22-17/h3-9,11H,10H2,1-2H3,(H2,20,22)(H,21,23). The van der Waals surface area contributed by atoms with Crippen LogP contribution in [0.15, 0.2) is 47.8 Å². The summed E-state index contributed by atoms with van der Waals surface area (Å²) in [6, 6.07) is 13.3. The Morgan fingerprint density at radius 1 is 1.24 bits per heavy atom. The van der Waals surface area contributed by atoms with E-state index in [0.29, 0.717) is 10.9 Å². The van der Waals surface area contributed by atoms with Gasteiger partial charge in [-0.05, 0) is 43.2 Å². The highest BCUT2D eigenvalue weighted by Crippen LogP contribution is 2.26. The first-order chi connectivity index (χ1) is 12.0. The number of nitrogens with zero attached hydrogens (tertiary/aromatic N) is 1. The van der Waals surface area contributed by atoms with Crippen molar-refractivity contribution in [1.29, 1.82) is 0 Å². The Morgan fingerprint density at radius 2 is 2.04 bits per heavy atom. The summed E-state index contributed by atoms with van der Waals surface area (Å²) in [4.78, 5) is 16.4. The number of thiazole rings is 1. The van der Waals surface area contributed by atoms with E-state index in [9.17, 15) is 4.79 Å². The summed E-state index contributed by atoms with van der Waals surface area (Å²) in [6.07, 6.45) is 0. The number of aryl methyl sites for hydroxylation is 1. The van der Waals surface area contributed by atoms with Crippen LogP contribution in [0.4, 0.5) is 10.8 Å². The highest BCUT2D eigenvalue weighted by molar-refractivity contribution is 7.13. The molecule has 0 spiro atoms. The molecule has 0 fully saturated rings. The molecule has 0 aliphatic rings. The zero-order valence-electron chi connectivity index (χ0n) is 14.1. The van der Waals surface area contributed by atoms with E-state index in [0.717, 1.165) is 28.1 Å². The first-order valence-electron chi connectivity index (χ1n) is 7.83. The number of amides is 1. The normalized spacial score (nSPS) is 10.5. The fourth-order valence-corrected chi connectivity index (χ4v) is 2.96. The molecule has 128 valence electrons. The minimum absolute atomic E-state index is 0.0595. The second kappa shape index (κ2) is 7.36. The third kappa shape index (κ3) is 4.16. The lowest BCUT2D eigenvalue weighted by Crippen LogP contribution is -2.20. The fourth-order valence-electron chi connectivity index (χ4n) is 2.39. The molecule has 0 saturated carbocycles. The van der Waals surface area contributed by atoms with E-state index in [1.807, 2.05) is 61.7 Å². The third-order valence-corrected chi connectivity index (χ3v) is 4.57. The molecule has 3 N–H and O–H groups in total. The number of hydrogen-bond acceptors (Lipinski definition) is 5. The Kier molecular flexibility index (Phi) is 5.00. The number of hydrogen-bond donors (Lipinski definition) is 2. The topological polar surface area (TPSA) is 77.2 Å². The summed E-state index contributed by atoms with van der Waals surface area (Å²) in [6.45, 7) is 3.93. The minimum atomic E-state index is -0.197. The lowest BCUT2D eigenvalue weighted by atomic mass is 10.1. The Morgan fingerprint density at radius 3 is 2.80 bits per heavy atom. The van der Waals surface area contributed by atoms with E-state index < -0.39 is 0 Å². The summed E-state index contributed by atoms with van der Waals surface area (Å²) < 4.78 is 5.61. The van der Waals surface area contributed by atoms with Crippen LogP contribution < -0.4 is 15.8 Å². The van der Waals surface area contributed by atoms with Gasteiger partial charge in [-0.2, -0.15) is 0 Å². The molecule has 0 aliphatic carbocycles. The van der Waals surface area contributed by atoms with Crippen molar-refractivity contribution in [2.75, 3.05) is 17.7 Å². The number of nitrogen functional groups attached to an aromatic ring is 1. The van der Waals surface area contributed by atoms with E-state index in [1.165, 1.54) is 11.3 Å². The van der Waals surface area contributed by atoms with Crippen molar-refractivity contribution >= 4 is 28.1 Å². The molecule has 5 nitrogen and oxygen atoms in total. The van der Waals surface area contributed by atoms with Gasteiger partial charge in [0.2, 0.25) is 0 Å². The van der Waals surface area contributed by atoms with Crippen molar-refractivity contribution < 1.29 is 9.53 Å². The molecule has 0 bridgehead atoms. The van der Waals surface area contributed by atoms with E-state index in [2.05, 4.69) is 10.3 Å². The number of benzene rings is 2. The highest BCUT2D eigenvalue weighted by Gasteiger charge is 2.08. The maximum atomic E-state index is 12.1. The first-order valence-corrected chi connectivity index (χ1v) is 8.71. The van der Waals surface area contributed by atoms with Crippen LogP contribution in [0.5, 0.6) is 5.75 Å². The summed E-state index contributed by atoms with van der Waals surface area (Å²) in [7, 11) is 0. The number of rotatable bonds is 5. The number of nitrogens with two attached hydrogens (primary N) is 1. The van der Waals surface area contributed by atoms with E-state index >= 15 is 0 Å². The Balaban J connectivity index is 1.63. The van der Waals surface area contributed by atoms with Crippen molar-refractivity contribution in [3.05, 3.63) is 59.0 Å². The molecule has 0 aliphatic heterocycles. The zero-order valence-corrected chi connectivity index (χ0v) is 14.9. The van der Waals surface area contributed by atoms with Crippen molar-refractivity contribution in [1.82, 2.24) is 4.98 Å². The number of nitrogens with one attached hydrogen (secondary N) is 1. The SMILES string of the molecule is Cc1cccc(NC(=O)COc2cccc(-c3csc(N)n3)c2)c1C. The maximum Gasteiger partial charge on any atom is 0.262 e. The van der Waals surface area contributed by atoms with Crippen LogP contribution in [0, 0.1) is 13.8 Å². The molecule has 0 radical (unpaired) electrons. The molecule has 2 aromatic carbocycles. The molecule has 1 amide bonds. The van der Waals surface area contributed by atoms with Gasteiger partial charge in [-0.15, -0.1) is 11.3 Å².